The number of carbonyl (C=O) groups is 3. The highest BCUT2D eigenvalue weighted by Crippen LogP contribution is 2.60. The van der Waals surface area contributed by atoms with E-state index >= 15 is 9.59 Å². The van der Waals surface area contributed by atoms with E-state index in [1.54, 1.807) is 48.5 Å². The number of ether oxygens (including phenoxy) is 2. The number of aliphatic hydroxyl groups is 4. The lowest BCUT2D eigenvalue weighted by molar-refractivity contribution is -0.312. The van der Waals surface area contributed by atoms with Crippen molar-refractivity contribution in [1.29, 1.82) is 0 Å². The van der Waals surface area contributed by atoms with Crippen LogP contribution in [0.4, 0.5) is 0 Å². The molecule has 9 heteroatoms. The van der Waals surface area contributed by atoms with Gasteiger partial charge >= 0.3 is 0 Å². The first kappa shape index (κ1) is 33.2. The minimum absolute atomic E-state index is 0.126. The first-order chi connectivity index (χ1) is 23.5. The Morgan fingerprint density at radius 3 is 1.43 bits per heavy atom. The molecular weight excluding hydrogens is 624 g/mol. The maximum absolute atomic E-state index is 15.0. The lowest BCUT2D eigenvalue weighted by atomic mass is 9.48. The molecule has 1 heterocycles. The minimum Gasteiger partial charge on any atom is -0.383 e. The van der Waals surface area contributed by atoms with Crippen molar-refractivity contribution in [2.75, 3.05) is 0 Å². The average Bonchev–Trinajstić information content (AvgIpc) is 3.53. The summed E-state index contributed by atoms with van der Waals surface area (Å²) in [5, 5.41) is 53.2. The number of Topliss-reactive ketones (excluding diaryl/α,β-unsaturated/α-hetero) is 3. The molecule has 4 N–H and O–H groups in total. The Kier molecular flexibility index (Phi) is 8.26. The third kappa shape index (κ3) is 4.80. The molecule has 252 valence electrons. The number of hydrogen-bond acceptors (Lipinski definition) is 9. The van der Waals surface area contributed by atoms with Gasteiger partial charge in [-0.2, -0.15) is 0 Å². The van der Waals surface area contributed by atoms with Crippen LogP contribution in [0, 0.1) is 0 Å². The molecule has 0 radical (unpaired) electrons. The minimum atomic E-state index is -3.74. The molecule has 4 aromatic rings. The molecular formula is C40H38O9. The van der Waals surface area contributed by atoms with Crippen molar-refractivity contribution >= 4 is 17.3 Å². The van der Waals surface area contributed by atoms with E-state index in [1.165, 1.54) is 72.8 Å². The van der Waals surface area contributed by atoms with E-state index in [-0.39, 0.29) is 16.7 Å². The van der Waals surface area contributed by atoms with E-state index in [0.717, 1.165) is 6.42 Å². The number of hydrogen-bond donors (Lipinski definition) is 4. The SMILES string of the molecule is O=C(c1ccccc1)[C@@]1(O)[C@](O)(C(=O)c2ccccc2)[C@@](O)(C(=O)c2ccccc2)[C@@H]2OC3(CCCCC3)O[C@@H]2[C@]1(O)Cc1ccccc1. The van der Waals surface area contributed by atoms with Gasteiger partial charge in [-0.25, -0.2) is 0 Å². The molecule has 49 heavy (non-hydrogen) atoms. The van der Waals surface area contributed by atoms with Crippen molar-refractivity contribution in [2.45, 2.75) is 78.9 Å². The summed E-state index contributed by atoms with van der Waals surface area (Å²) >= 11 is 0. The fraction of sp³-hybridized carbons (Fsp3) is 0.325. The van der Waals surface area contributed by atoms with E-state index in [9.17, 15) is 25.2 Å². The zero-order valence-electron chi connectivity index (χ0n) is 26.8. The van der Waals surface area contributed by atoms with Crippen molar-refractivity contribution < 1.29 is 44.3 Å². The van der Waals surface area contributed by atoms with Gasteiger partial charge in [-0.3, -0.25) is 14.4 Å². The maximum Gasteiger partial charge on any atom is 0.206 e. The summed E-state index contributed by atoms with van der Waals surface area (Å²) in [5.41, 5.74) is -13.7. The second-order valence-corrected chi connectivity index (χ2v) is 13.4. The highest BCUT2D eigenvalue weighted by atomic mass is 16.8. The van der Waals surface area contributed by atoms with Crippen LogP contribution in [-0.4, -0.2) is 78.2 Å². The molecule has 4 aromatic carbocycles. The molecule has 9 nitrogen and oxygen atoms in total. The van der Waals surface area contributed by atoms with Crippen LogP contribution < -0.4 is 0 Å². The second-order valence-electron chi connectivity index (χ2n) is 13.4. The summed E-state index contributed by atoms with van der Waals surface area (Å²) in [5.74, 6) is -5.28. The summed E-state index contributed by atoms with van der Waals surface area (Å²) in [6.07, 6.45) is -1.41. The fourth-order valence-electron chi connectivity index (χ4n) is 8.13. The van der Waals surface area contributed by atoms with Crippen molar-refractivity contribution in [3.63, 3.8) is 0 Å². The molecule has 7 rings (SSSR count). The average molecular weight is 663 g/mol. The predicted octanol–water partition coefficient (Wildman–Crippen LogP) is 4.26. The normalized spacial score (nSPS) is 31.9. The number of fused-ring (bicyclic) bond motifs is 1. The molecule has 1 saturated heterocycles. The van der Waals surface area contributed by atoms with Crippen molar-refractivity contribution in [3.8, 4) is 0 Å². The van der Waals surface area contributed by atoms with Crippen LogP contribution in [0.1, 0.15) is 68.7 Å². The summed E-state index contributed by atoms with van der Waals surface area (Å²) in [7, 11) is 0. The van der Waals surface area contributed by atoms with E-state index < -0.39 is 64.2 Å². The lowest BCUT2D eigenvalue weighted by Crippen LogP contribution is -2.92. The molecule has 6 atom stereocenters. The maximum atomic E-state index is 15.0. The van der Waals surface area contributed by atoms with Crippen LogP contribution in [0.3, 0.4) is 0 Å². The Balaban J connectivity index is 1.58. The van der Waals surface area contributed by atoms with Gasteiger partial charge < -0.3 is 29.9 Å². The molecule has 1 spiro atoms. The lowest BCUT2D eigenvalue weighted by Gasteiger charge is -2.62. The molecule has 0 bridgehead atoms. The van der Waals surface area contributed by atoms with E-state index in [1.807, 2.05) is 0 Å². The summed E-state index contributed by atoms with van der Waals surface area (Å²) in [4.78, 5) is 45.0. The van der Waals surface area contributed by atoms with Crippen LogP contribution in [0.5, 0.6) is 0 Å². The van der Waals surface area contributed by atoms with Crippen LogP contribution in [0.2, 0.25) is 0 Å². The number of benzene rings is 4. The van der Waals surface area contributed by atoms with Gasteiger partial charge in [0, 0.05) is 36.0 Å². The first-order valence-corrected chi connectivity index (χ1v) is 16.6. The Bertz CT molecular complexity index is 1840. The molecule has 2 saturated carbocycles. The van der Waals surface area contributed by atoms with Gasteiger partial charge in [0.2, 0.25) is 23.0 Å². The van der Waals surface area contributed by atoms with Gasteiger partial charge in [0.05, 0.1) is 0 Å². The summed E-state index contributed by atoms with van der Waals surface area (Å²) < 4.78 is 13.2. The van der Waals surface area contributed by atoms with E-state index in [0.29, 0.717) is 31.2 Å². The second kappa shape index (κ2) is 12.2. The Hall–Kier alpha value is -4.35. The summed E-state index contributed by atoms with van der Waals surface area (Å²) in [6, 6.07) is 30.6. The highest BCUT2D eigenvalue weighted by molar-refractivity contribution is 6.19. The quantitative estimate of drug-likeness (QED) is 0.203. The van der Waals surface area contributed by atoms with Crippen LogP contribution in [0.25, 0.3) is 0 Å². The molecule has 0 amide bonds. The van der Waals surface area contributed by atoms with Gasteiger partial charge in [0.15, 0.2) is 17.0 Å². The first-order valence-electron chi connectivity index (χ1n) is 16.6. The van der Waals surface area contributed by atoms with Crippen molar-refractivity contribution in [2.24, 2.45) is 0 Å². The Labute approximate surface area is 283 Å². The van der Waals surface area contributed by atoms with Gasteiger partial charge in [0.25, 0.3) is 0 Å². The van der Waals surface area contributed by atoms with E-state index in [4.69, 9.17) is 9.47 Å². The molecule has 0 unspecified atom stereocenters. The van der Waals surface area contributed by atoms with Crippen LogP contribution >= 0.6 is 0 Å². The zero-order valence-corrected chi connectivity index (χ0v) is 26.8. The number of carbonyl (C=O) groups excluding carboxylic acids is 3. The van der Waals surface area contributed by atoms with Gasteiger partial charge in [-0.15, -0.1) is 0 Å². The van der Waals surface area contributed by atoms with Crippen LogP contribution in [0.15, 0.2) is 121 Å². The molecule has 2 aliphatic carbocycles. The molecule has 3 fully saturated rings. The molecule has 1 aliphatic heterocycles. The monoisotopic (exact) mass is 662 g/mol. The third-order valence-corrected chi connectivity index (χ3v) is 10.6. The fourth-order valence-corrected chi connectivity index (χ4v) is 8.13. The van der Waals surface area contributed by atoms with Crippen LogP contribution in [-0.2, 0) is 15.9 Å². The topological polar surface area (TPSA) is 151 Å². The van der Waals surface area contributed by atoms with Gasteiger partial charge in [-0.05, 0) is 18.4 Å². The van der Waals surface area contributed by atoms with Gasteiger partial charge in [-0.1, -0.05) is 128 Å². The van der Waals surface area contributed by atoms with Crippen molar-refractivity contribution in [3.05, 3.63) is 144 Å². The third-order valence-electron chi connectivity index (χ3n) is 10.6. The smallest absolute Gasteiger partial charge is 0.206 e. The Morgan fingerprint density at radius 2 is 0.939 bits per heavy atom. The molecule has 0 aromatic heterocycles. The predicted molar refractivity (Wildman–Crippen MR) is 178 cm³/mol. The summed E-state index contributed by atoms with van der Waals surface area (Å²) in [6.45, 7) is 0. The standard InChI is InChI=1S/C40H38O9/c41-31(28-18-8-2-9-19-28)38(45)35-34(48-36(49-35)24-14-5-15-25-36)37(44,26-27-16-6-1-7-17-27)39(46,32(42)29-20-10-3-11-21-29)40(38,47)33(43)30-22-12-4-13-23-30/h1-4,6-13,16-23,34-35,44-47H,5,14-15,24-26H2/t34-,35+,37+,38+,39-,40-/m0/s1. The number of ketones is 3. The van der Waals surface area contributed by atoms with Gasteiger partial charge in [0.1, 0.15) is 17.8 Å². The number of rotatable bonds is 8. The Morgan fingerprint density at radius 1 is 0.531 bits per heavy atom. The zero-order chi connectivity index (χ0) is 34.5. The highest BCUT2D eigenvalue weighted by Gasteiger charge is 2.88. The van der Waals surface area contributed by atoms with E-state index in [2.05, 4.69) is 0 Å². The largest absolute Gasteiger partial charge is 0.383 e. The molecule has 3 aliphatic rings. The van der Waals surface area contributed by atoms with Crippen molar-refractivity contribution in [1.82, 2.24) is 0 Å².